The Morgan fingerprint density at radius 3 is 0.840 bits per heavy atom. The van der Waals surface area contributed by atoms with Gasteiger partial charge in [0, 0.05) is 25.7 Å². The fraction of sp³-hybridized carbons (Fsp3) is 0.678. The molecule has 0 aliphatic carbocycles. The van der Waals surface area contributed by atoms with Crippen molar-refractivity contribution < 1.29 is 80.2 Å². The van der Waals surface area contributed by atoms with E-state index in [-0.39, 0.29) is 25.7 Å². The van der Waals surface area contributed by atoms with Crippen LogP contribution in [-0.2, 0) is 65.4 Å². The quantitative estimate of drug-likeness (QED) is 0.0169. The van der Waals surface area contributed by atoms with Crippen LogP contribution in [0.2, 0.25) is 0 Å². The number of phosphoric acid groups is 2. The number of aliphatic hydroxyl groups excluding tert-OH is 1. The van der Waals surface area contributed by atoms with Gasteiger partial charge in [-0.05, 0) is 141 Å². The Bertz CT molecular complexity index is 2580. The van der Waals surface area contributed by atoms with Crippen LogP contribution in [0.25, 0.3) is 0 Å². The zero-order valence-corrected chi connectivity index (χ0v) is 68.1. The molecule has 106 heavy (non-hydrogen) atoms. The van der Waals surface area contributed by atoms with Gasteiger partial charge in [0.2, 0.25) is 0 Å². The molecule has 0 aromatic carbocycles. The average Bonchev–Trinajstić information content (AvgIpc) is 0.899. The van der Waals surface area contributed by atoms with Gasteiger partial charge in [-0.2, -0.15) is 0 Å². The third kappa shape index (κ3) is 77.1. The molecule has 0 radical (unpaired) electrons. The predicted molar refractivity (Wildman–Crippen MR) is 436 cm³/mol. The second-order valence-corrected chi connectivity index (χ2v) is 29.9. The fourth-order valence-corrected chi connectivity index (χ4v) is 12.1. The van der Waals surface area contributed by atoms with Gasteiger partial charge in [-0.25, -0.2) is 9.13 Å². The topological polar surface area (TPSA) is 237 Å². The highest BCUT2D eigenvalue weighted by atomic mass is 31.2. The first-order valence-corrected chi connectivity index (χ1v) is 44.1. The second-order valence-electron chi connectivity index (χ2n) is 27.0. The lowest BCUT2D eigenvalue weighted by atomic mass is 10.0. The van der Waals surface area contributed by atoms with Gasteiger partial charge in [-0.1, -0.05) is 302 Å². The molecule has 5 atom stereocenters. The van der Waals surface area contributed by atoms with E-state index in [0.29, 0.717) is 32.1 Å². The molecular formula is C87H146O17P2. The van der Waals surface area contributed by atoms with Gasteiger partial charge in [0.25, 0.3) is 0 Å². The van der Waals surface area contributed by atoms with E-state index in [0.717, 1.165) is 148 Å². The maximum absolute atomic E-state index is 13.1. The third-order valence-electron chi connectivity index (χ3n) is 16.8. The van der Waals surface area contributed by atoms with Crippen LogP contribution in [-0.4, -0.2) is 96.7 Å². The number of phosphoric ester groups is 2. The summed E-state index contributed by atoms with van der Waals surface area (Å²) in [6.45, 7) is 4.58. The van der Waals surface area contributed by atoms with Crippen LogP contribution < -0.4 is 0 Å². The average molecular weight is 1530 g/mol. The van der Waals surface area contributed by atoms with Crippen LogP contribution in [0.1, 0.15) is 323 Å². The number of carbonyl (C=O) groups is 4. The van der Waals surface area contributed by atoms with E-state index in [1.54, 1.807) is 0 Å². The standard InChI is InChI=1S/C87H146O17P2/c1-5-9-13-17-21-25-29-33-36-38-40-42-45-49-52-56-60-64-68-72-85(90)98-77-82(103-86(91)73-69-65-61-57-53-47-32-28-24-20-16-12-8-4)79-101-105(93,94)99-75-81(88)76-100-106(95,96)102-80-83(78-97-84(89)71-67-63-59-55-51-48-44-35-31-27-23-19-15-11-7-3)104-87(92)74-70-66-62-58-54-50-46-43-41-39-37-34-30-26-22-18-14-10-6-2/h9,13,21-23,25-27,33-37,40-44,49-50,52,54,62,66,81-83,88H,5-8,10-12,14-20,24,28-32,38-39,45-48,51,53,55-61,63-65,67-80H2,1-4H3,(H,93,94)(H,95,96)/b13-9-,25-21-,26-22-,27-23-,36-33-,37-34-,42-40-,43-41-,44-35-,52-49-,54-50-,66-62-/t81-,82-,83-/m1/s1. The van der Waals surface area contributed by atoms with Crippen LogP contribution in [0, 0.1) is 0 Å². The summed E-state index contributed by atoms with van der Waals surface area (Å²) in [5.74, 6) is -2.32. The van der Waals surface area contributed by atoms with Crippen LogP contribution in [0.5, 0.6) is 0 Å². The molecular weight excluding hydrogens is 1380 g/mol. The highest BCUT2D eigenvalue weighted by molar-refractivity contribution is 7.47. The lowest BCUT2D eigenvalue weighted by Crippen LogP contribution is -2.30. The van der Waals surface area contributed by atoms with Crippen molar-refractivity contribution in [3.63, 3.8) is 0 Å². The molecule has 0 saturated carbocycles. The largest absolute Gasteiger partial charge is 0.472 e. The van der Waals surface area contributed by atoms with Crippen LogP contribution in [0.4, 0.5) is 0 Å². The Labute approximate surface area is 643 Å². The molecule has 0 saturated heterocycles. The summed E-state index contributed by atoms with van der Waals surface area (Å²) in [6.07, 6.45) is 89.8. The Kier molecular flexibility index (Phi) is 74.3. The molecule has 0 amide bonds. The van der Waals surface area contributed by atoms with E-state index in [1.807, 2.05) is 18.2 Å². The molecule has 0 rings (SSSR count). The summed E-state index contributed by atoms with van der Waals surface area (Å²) in [5, 5.41) is 10.6. The molecule has 0 spiro atoms. The number of unbranched alkanes of at least 4 members (excludes halogenated alkanes) is 26. The first-order valence-electron chi connectivity index (χ1n) is 41.1. The summed E-state index contributed by atoms with van der Waals surface area (Å²) < 4.78 is 68.6. The van der Waals surface area contributed by atoms with Gasteiger partial charge < -0.3 is 33.8 Å². The molecule has 19 heteroatoms. The Morgan fingerprint density at radius 2 is 0.509 bits per heavy atom. The van der Waals surface area contributed by atoms with Crippen molar-refractivity contribution in [2.75, 3.05) is 39.6 Å². The van der Waals surface area contributed by atoms with E-state index in [2.05, 4.69) is 155 Å². The highest BCUT2D eigenvalue weighted by Gasteiger charge is 2.30. The van der Waals surface area contributed by atoms with Crippen molar-refractivity contribution >= 4 is 39.5 Å². The lowest BCUT2D eigenvalue weighted by Gasteiger charge is -2.21. The van der Waals surface area contributed by atoms with Gasteiger partial charge in [-0.3, -0.25) is 37.3 Å². The van der Waals surface area contributed by atoms with Gasteiger partial charge in [0.15, 0.2) is 12.2 Å². The van der Waals surface area contributed by atoms with E-state index < -0.39 is 97.5 Å². The summed E-state index contributed by atoms with van der Waals surface area (Å²) >= 11 is 0. The zero-order chi connectivity index (χ0) is 77.4. The smallest absolute Gasteiger partial charge is 0.462 e. The summed E-state index contributed by atoms with van der Waals surface area (Å²) in [4.78, 5) is 73.1. The molecule has 3 N–H and O–H groups in total. The minimum atomic E-state index is -5.01. The maximum atomic E-state index is 13.1. The van der Waals surface area contributed by atoms with Crippen LogP contribution in [0.15, 0.2) is 146 Å². The summed E-state index contributed by atoms with van der Waals surface area (Å²) in [5.41, 5.74) is 0. The van der Waals surface area contributed by atoms with E-state index >= 15 is 0 Å². The Balaban J connectivity index is 5.46. The number of hydrogen-bond donors (Lipinski definition) is 3. The van der Waals surface area contributed by atoms with E-state index in [9.17, 15) is 43.2 Å². The molecule has 0 aliphatic rings. The number of ether oxygens (including phenoxy) is 4. The van der Waals surface area contributed by atoms with Crippen LogP contribution in [0.3, 0.4) is 0 Å². The van der Waals surface area contributed by atoms with E-state index in [4.69, 9.17) is 37.0 Å². The first kappa shape index (κ1) is 101. The number of allylic oxidation sites excluding steroid dienone is 24. The number of aliphatic hydroxyl groups is 1. The minimum absolute atomic E-state index is 0.0352. The van der Waals surface area contributed by atoms with Gasteiger partial charge >= 0.3 is 39.5 Å². The third-order valence-corrected chi connectivity index (χ3v) is 18.7. The molecule has 0 aliphatic heterocycles. The fourth-order valence-electron chi connectivity index (χ4n) is 10.6. The molecule has 2 unspecified atom stereocenters. The minimum Gasteiger partial charge on any atom is -0.462 e. The van der Waals surface area contributed by atoms with Crippen molar-refractivity contribution in [3.8, 4) is 0 Å². The van der Waals surface area contributed by atoms with Gasteiger partial charge in [0.05, 0.1) is 26.4 Å². The Morgan fingerprint density at radius 1 is 0.274 bits per heavy atom. The Hall–Kier alpha value is -5.06. The van der Waals surface area contributed by atoms with Gasteiger partial charge in [-0.15, -0.1) is 0 Å². The molecule has 0 aromatic heterocycles. The molecule has 0 fully saturated rings. The monoisotopic (exact) mass is 1530 g/mol. The van der Waals surface area contributed by atoms with Crippen molar-refractivity contribution in [3.05, 3.63) is 146 Å². The summed E-state index contributed by atoms with van der Waals surface area (Å²) in [7, 11) is -10.0. The molecule has 17 nitrogen and oxygen atoms in total. The first-order chi connectivity index (χ1) is 51.7. The number of carbonyl (C=O) groups excluding carboxylic acids is 4. The SMILES string of the molecule is CC/C=C\C/C=C\C/C=C\C/C=C\C/C=C\CCCCCC(=O)OC[C@H](COP(=O)(O)OC[C@@H](O)COP(=O)(O)OC[C@@H](COC(=O)CCCCCCC/C=C\C/C=C\CCCCC)OC(=O)CC/C=C\C/C=C\C/C=C\C/C=C\C/C=C\CCCCC)OC(=O)CCCCCCCCCCCCCCC. The van der Waals surface area contributed by atoms with Crippen molar-refractivity contribution in [2.24, 2.45) is 0 Å². The highest BCUT2D eigenvalue weighted by Crippen LogP contribution is 2.45. The zero-order valence-electron chi connectivity index (χ0n) is 66.3. The van der Waals surface area contributed by atoms with Crippen molar-refractivity contribution in [1.82, 2.24) is 0 Å². The molecule has 0 aromatic rings. The molecule has 606 valence electrons. The summed E-state index contributed by atoms with van der Waals surface area (Å²) in [6, 6.07) is 0. The maximum Gasteiger partial charge on any atom is 0.472 e. The number of hydrogen-bond acceptors (Lipinski definition) is 15. The second kappa shape index (κ2) is 78.1. The number of rotatable bonds is 76. The van der Waals surface area contributed by atoms with Crippen LogP contribution >= 0.6 is 15.6 Å². The van der Waals surface area contributed by atoms with Crippen molar-refractivity contribution in [2.45, 2.75) is 341 Å². The molecule has 0 heterocycles. The lowest BCUT2D eigenvalue weighted by molar-refractivity contribution is -0.161. The van der Waals surface area contributed by atoms with E-state index in [1.165, 1.54) is 89.9 Å². The number of esters is 4. The predicted octanol–water partition coefficient (Wildman–Crippen LogP) is 24.2. The molecule has 0 bridgehead atoms. The normalized spacial score (nSPS) is 14.6. The van der Waals surface area contributed by atoms with Gasteiger partial charge in [0.1, 0.15) is 19.3 Å². The van der Waals surface area contributed by atoms with Crippen molar-refractivity contribution in [1.29, 1.82) is 0 Å².